The van der Waals surface area contributed by atoms with E-state index in [1.165, 1.54) is 12.5 Å². The molecule has 138 valence electrons. The van der Waals surface area contributed by atoms with Crippen molar-refractivity contribution in [1.29, 1.82) is 0 Å². The van der Waals surface area contributed by atoms with E-state index in [-0.39, 0.29) is 17.1 Å². The lowest BCUT2D eigenvalue weighted by Crippen LogP contribution is -2.42. The molecule has 1 aliphatic heterocycles. The molecule has 1 aliphatic carbocycles. The van der Waals surface area contributed by atoms with Gasteiger partial charge in [0.05, 0.1) is 0 Å². The van der Waals surface area contributed by atoms with E-state index in [0.29, 0.717) is 18.8 Å². The number of amides is 1. The Bertz CT molecular complexity index is 795. The molecule has 0 spiro atoms. The zero-order chi connectivity index (χ0) is 18.0. The molecule has 0 atom stereocenters. The molecule has 26 heavy (non-hydrogen) atoms. The maximum atomic E-state index is 13.8. The summed E-state index contributed by atoms with van der Waals surface area (Å²) >= 11 is 0. The van der Waals surface area contributed by atoms with Crippen LogP contribution in [0.4, 0.5) is 4.39 Å². The number of fused-ring (bicyclic) bond motifs is 1. The smallest absolute Gasteiger partial charge is 0.272 e. The fourth-order valence-corrected chi connectivity index (χ4v) is 4.36. The highest BCUT2D eigenvalue weighted by molar-refractivity contribution is 5.94. The molecule has 3 N–H and O–H groups in total. The van der Waals surface area contributed by atoms with Crippen LogP contribution in [0.3, 0.4) is 0 Å². The van der Waals surface area contributed by atoms with Gasteiger partial charge in [-0.05, 0) is 30.5 Å². The van der Waals surface area contributed by atoms with Gasteiger partial charge in [-0.3, -0.25) is 9.89 Å². The second-order valence-electron chi connectivity index (χ2n) is 7.49. The summed E-state index contributed by atoms with van der Waals surface area (Å²) < 4.78 is 13.8. The zero-order valence-corrected chi connectivity index (χ0v) is 14.9. The summed E-state index contributed by atoms with van der Waals surface area (Å²) in [5, 5.41) is 13.6. The van der Waals surface area contributed by atoms with E-state index < -0.39 is 0 Å². The highest BCUT2D eigenvalue weighted by Crippen LogP contribution is 2.39. The van der Waals surface area contributed by atoms with Gasteiger partial charge in [0, 0.05) is 42.7 Å². The average Bonchev–Trinajstić information content (AvgIpc) is 3.11. The maximum Gasteiger partial charge on any atom is 0.272 e. The Hall–Kier alpha value is -2.21. The molecule has 2 aromatic rings. The molecule has 0 unspecified atom stereocenters. The van der Waals surface area contributed by atoms with E-state index >= 15 is 0 Å². The van der Waals surface area contributed by atoms with Crippen LogP contribution in [0.15, 0.2) is 24.3 Å². The van der Waals surface area contributed by atoms with Crippen molar-refractivity contribution in [3.05, 3.63) is 52.6 Å². The predicted octanol–water partition coefficient (Wildman–Crippen LogP) is 2.83. The average molecular weight is 356 g/mol. The number of aromatic nitrogens is 2. The Morgan fingerprint density at radius 3 is 2.92 bits per heavy atom. The molecular formula is C20H25FN4O. The summed E-state index contributed by atoms with van der Waals surface area (Å²) in [6.45, 7) is 2.09. The molecule has 1 aromatic heterocycles. The molecule has 0 radical (unpaired) electrons. The Morgan fingerprint density at radius 2 is 2.12 bits per heavy atom. The first kappa shape index (κ1) is 17.2. The van der Waals surface area contributed by atoms with Gasteiger partial charge in [-0.25, -0.2) is 4.39 Å². The number of halogens is 1. The Labute approximate surface area is 152 Å². The van der Waals surface area contributed by atoms with Gasteiger partial charge in [0.15, 0.2) is 5.69 Å². The van der Waals surface area contributed by atoms with Crippen LogP contribution in [-0.2, 0) is 18.4 Å². The highest BCUT2D eigenvalue weighted by atomic mass is 19.1. The Kier molecular flexibility index (Phi) is 4.76. The molecule has 0 bridgehead atoms. The molecule has 6 heteroatoms. The van der Waals surface area contributed by atoms with E-state index in [1.54, 1.807) is 12.1 Å². The molecule has 0 saturated heterocycles. The van der Waals surface area contributed by atoms with Crippen LogP contribution >= 0.6 is 0 Å². The third kappa shape index (κ3) is 3.26. The Balaban J connectivity index is 1.53. The number of hydrogen-bond donors (Lipinski definition) is 3. The number of aromatic amines is 1. The number of carbonyl (C=O) groups excluding carboxylic acids is 1. The molecule has 1 saturated carbocycles. The molecule has 4 rings (SSSR count). The molecule has 1 amide bonds. The second kappa shape index (κ2) is 7.19. The summed E-state index contributed by atoms with van der Waals surface area (Å²) in [5.74, 6) is -0.362. The van der Waals surface area contributed by atoms with E-state index in [2.05, 4.69) is 20.8 Å². The number of nitrogens with zero attached hydrogens (tertiary/aromatic N) is 1. The molecule has 1 fully saturated rings. The number of rotatable bonds is 4. The number of carbonyl (C=O) groups is 1. The van der Waals surface area contributed by atoms with Crippen LogP contribution in [0.5, 0.6) is 0 Å². The molecule has 1 aromatic carbocycles. The minimum absolute atomic E-state index is 0.146. The van der Waals surface area contributed by atoms with Crippen molar-refractivity contribution in [3.8, 4) is 0 Å². The molecular weight excluding hydrogens is 331 g/mol. The molecule has 2 aliphatic rings. The van der Waals surface area contributed by atoms with Crippen LogP contribution in [0.25, 0.3) is 0 Å². The van der Waals surface area contributed by atoms with Crippen LogP contribution < -0.4 is 10.6 Å². The van der Waals surface area contributed by atoms with Crippen molar-refractivity contribution >= 4 is 5.91 Å². The van der Waals surface area contributed by atoms with Gasteiger partial charge in [0.2, 0.25) is 0 Å². The third-order valence-electron chi connectivity index (χ3n) is 5.86. The van der Waals surface area contributed by atoms with Crippen molar-refractivity contribution in [2.75, 3.05) is 13.1 Å². The minimum Gasteiger partial charge on any atom is -0.350 e. The van der Waals surface area contributed by atoms with Gasteiger partial charge in [0.1, 0.15) is 5.82 Å². The zero-order valence-electron chi connectivity index (χ0n) is 14.9. The van der Waals surface area contributed by atoms with E-state index in [9.17, 15) is 9.18 Å². The highest BCUT2D eigenvalue weighted by Gasteiger charge is 2.35. The minimum atomic E-state index is -0.216. The lowest BCUT2D eigenvalue weighted by Gasteiger charge is -2.38. The normalized spacial score (nSPS) is 19.0. The van der Waals surface area contributed by atoms with Gasteiger partial charge in [0.25, 0.3) is 5.91 Å². The van der Waals surface area contributed by atoms with Gasteiger partial charge >= 0.3 is 0 Å². The van der Waals surface area contributed by atoms with E-state index in [4.69, 9.17) is 0 Å². The fourth-order valence-electron chi connectivity index (χ4n) is 4.36. The quantitative estimate of drug-likeness (QED) is 0.789. The lowest BCUT2D eigenvalue weighted by molar-refractivity contribution is 0.0930. The lowest BCUT2D eigenvalue weighted by atomic mass is 9.69. The topological polar surface area (TPSA) is 69.8 Å². The van der Waals surface area contributed by atoms with E-state index in [0.717, 1.165) is 55.5 Å². The summed E-state index contributed by atoms with van der Waals surface area (Å²) in [6.07, 6.45) is 6.21. The van der Waals surface area contributed by atoms with Crippen molar-refractivity contribution in [2.24, 2.45) is 0 Å². The van der Waals surface area contributed by atoms with Crippen molar-refractivity contribution in [2.45, 2.75) is 50.5 Å². The monoisotopic (exact) mass is 356 g/mol. The summed E-state index contributed by atoms with van der Waals surface area (Å²) in [5.41, 5.74) is 3.30. The van der Waals surface area contributed by atoms with Crippen LogP contribution in [0, 0.1) is 5.82 Å². The van der Waals surface area contributed by atoms with Crippen LogP contribution in [0.2, 0.25) is 0 Å². The fraction of sp³-hybridized carbons (Fsp3) is 0.500. The van der Waals surface area contributed by atoms with Crippen molar-refractivity contribution in [3.63, 3.8) is 0 Å². The van der Waals surface area contributed by atoms with Crippen molar-refractivity contribution < 1.29 is 9.18 Å². The summed E-state index contributed by atoms with van der Waals surface area (Å²) in [6, 6.07) is 6.85. The number of H-pyrrole nitrogens is 1. The first-order valence-corrected chi connectivity index (χ1v) is 9.49. The SMILES string of the molecule is O=C(NCC1(c2cccc(F)c2)CCCCC1)c1n[nH]c2c1CNCC2. The van der Waals surface area contributed by atoms with Gasteiger partial charge < -0.3 is 10.6 Å². The Morgan fingerprint density at radius 1 is 1.27 bits per heavy atom. The first-order valence-electron chi connectivity index (χ1n) is 9.49. The van der Waals surface area contributed by atoms with E-state index in [1.807, 2.05) is 6.07 Å². The first-order chi connectivity index (χ1) is 12.7. The van der Waals surface area contributed by atoms with Gasteiger partial charge in [-0.15, -0.1) is 0 Å². The summed E-state index contributed by atoms with van der Waals surface area (Å²) in [4.78, 5) is 12.8. The molecule has 2 heterocycles. The van der Waals surface area contributed by atoms with Gasteiger partial charge in [-0.1, -0.05) is 31.4 Å². The maximum absolute atomic E-state index is 13.8. The summed E-state index contributed by atoms with van der Waals surface area (Å²) in [7, 11) is 0. The number of nitrogens with one attached hydrogen (secondary N) is 3. The predicted molar refractivity (Wildman–Crippen MR) is 97.5 cm³/mol. The number of benzene rings is 1. The third-order valence-corrected chi connectivity index (χ3v) is 5.86. The largest absolute Gasteiger partial charge is 0.350 e. The van der Waals surface area contributed by atoms with Crippen molar-refractivity contribution in [1.82, 2.24) is 20.8 Å². The molecule has 5 nitrogen and oxygen atoms in total. The van der Waals surface area contributed by atoms with Crippen LogP contribution in [-0.4, -0.2) is 29.2 Å². The standard InChI is InChI=1S/C20H25FN4O/c21-15-6-4-5-14(11-15)20(8-2-1-3-9-20)13-23-19(26)18-16-12-22-10-7-17(16)24-25-18/h4-6,11,22H,1-3,7-10,12-13H2,(H,23,26)(H,24,25). The second-order valence-corrected chi connectivity index (χ2v) is 7.49. The van der Waals surface area contributed by atoms with Crippen LogP contribution in [0.1, 0.15) is 59.4 Å². The number of hydrogen-bond acceptors (Lipinski definition) is 3. The van der Waals surface area contributed by atoms with Gasteiger partial charge in [-0.2, -0.15) is 5.10 Å².